The maximum Gasteiger partial charge on any atom is 0.144 e. The molecule has 0 bridgehead atoms. The third kappa shape index (κ3) is 6.25. The van der Waals surface area contributed by atoms with Crippen molar-refractivity contribution in [3.8, 4) is 0 Å². The number of aromatic nitrogens is 2. The van der Waals surface area contributed by atoms with Crippen molar-refractivity contribution >= 4 is 36.7 Å². The van der Waals surface area contributed by atoms with E-state index in [1.54, 1.807) is 12.5 Å². The van der Waals surface area contributed by atoms with Crippen molar-refractivity contribution in [3.05, 3.63) is 30.1 Å². The summed E-state index contributed by atoms with van der Waals surface area (Å²) in [5.41, 5.74) is 2.82. The smallest absolute Gasteiger partial charge is 0.144 e. The molecule has 1 aromatic heterocycles. The minimum atomic E-state index is -1.25. The number of hydrogen-bond acceptors (Lipinski definition) is 4. The van der Waals surface area contributed by atoms with Gasteiger partial charge in [0.05, 0.1) is 23.6 Å². The van der Waals surface area contributed by atoms with Crippen molar-refractivity contribution in [3.63, 3.8) is 0 Å². The first-order valence-electron chi connectivity index (χ1n) is 8.55. The van der Waals surface area contributed by atoms with Crippen LogP contribution in [0.2, 0.25) is 25.7 Å². The lowest BCUT2D eigenvalue weighted by Crippen LogP contribution is -2.25. The Labute approximate surface area is 154 Å². The molecule has 0 fully saturated rings. The molecule has 138 valence electrons. The molecule has 0 unspecified atom stereocenters. The number of benzene rings is 1. The molecule has 0 aliphatic rings. The van der Waals surface area contributed by atoms with Crippen LogP contribution >= 0.6 is 0 Å². The molecule has 1 heterocycles. The molecule has 5 nitrogen and oxygen atoms in total. The fraction of sp³-hybridized carbons (Fsp3) is 0.556. The van der Waals surface area contributed by atoms with Gasteiger partial charge in [0.25, 0.3) is 0 Å². The van der Waals surface area contributed by atoms with E-state index in [0.717, 1.165) is 29.2 Å². The van der Waals surface area contributed by atoms with Gasteiger partial charge < -0.3 is 13.9 Å². The first-order chi connectivity index (χ1) is 11.6. The molecule has 0 saturated carbocycles. The normalized spacial score (nSPS) is 14.5. The summed E-state index contributed by atoms with van der Waals surface area (Å²) in [6.45, 7) is 14.1. The lowest BCUT2D eigenvalue weighted by atomic mass is 10.2. The van der Waals surface area contributed by atoms with Crippen molar-refractivity contribution in [1.29, 1.82) is 0 Å². The monoisotopic (exact) mass is 379 g/mol. The van der Waals surface area contributed by atoms with E-state index in [0.29, 0.717) is 6.73 Å². The summed E-state index contributed by atoms with van der Waals surface area (Å²) in [5, 5.41) is 0. The van der Waals surface area contributed by atoms with Crippen LogP contribution in [0.25, 0.3) is 11.0 Å². The van der Waals surface area contributed by atoms with Gasteiger partial charge in [-0.05, 0) is 44.5 Å². The van der Waals surface area contributed by atoms with Gasteiger partial charge in [0, 0.05) is 14.7 Å². The zero-order valence-electron chi connectivity index (χ0n) is 16.1. The Morgan fingerprint density at radius 2 is 2.04 bits per heavy atom. The number of fused-ring (bicyclic) bond motifs is 1. The van der Waals surface area contributed by atoms with Crippen molar-refractivity contribution in [2.24, 2.45) is 4.40 Å². The van der Waals surface area contributed by atoms with Crippen molar-refractivity contribution in [2.75, 3.05) is 6.61 Å². The third-order valence-electron chi connectivity index (χ3n) is 3.69. The lowest BCUT2D eigenvalue weighted by Gasteiger charge is -2.17. The molecule has 2 aromatic rings. The molecule has 1 aromatic carbocycles. The van der Waals surface area contributed by atoms with E-state index in [2.05, 4.69) is 29.0 Å². The second kappa shape index (κ2) is 8.03. The lowest BCUT2D eigenvalue weighted by molar-refractivity contribution is 0.0898. The van der Waals surface area contributed by atoms with Crippen LogP contribution in [0.3, 0.4) is 0 Å². The Bertz CT molecular complexity index is 732. The molecule has 0 radical (unpaired) electrons. The van der Waals surface area contributed by atoms with Crippen LogP contribution in [0.4, 0.5) is 0 Å². The van der Waals surface area contributed by atoms with Crippen LogP contribution in [0, 0.1) is 0 Å². The van der Waals surface area contributed by atoms with Gasteiger partial charge in [0.1, 0.15) is 22.8 Å². The maximum absolute atomic E-state index is 12.0. The maximum atomic E-state index is 12.0. The summed E-state index contributed by atoms with van der Waals surface area (Å²) in [6.07, 6.45) is 3.46. The van der Waals surface area contributed by atoms with Gasteiger partial charge >= 0.3 is 0 Å². The van der Waals surface area contributed by atoms with Gasteiger partial charge in [-0.25, -0.2) is 4.98 Å². The van der Waals surface area contributed by atoms with E-state index in [1.165, 1.54) is 0 Å². The highest BCUT2D eigenvalue weighted by atomic mass is 32.2. The quantitative estimate of drug-likeness (QED) is 0.313. The molecule has 0 amide bonds. The third-order valence-corrected chi connectivity index (χ3v) is 6.74. The second-order valence-electron chi connectivity index (χ2n) is 8.41. The van der Waals surface area contributed by atoms with Gasteiger partial charge in [0.2, 0.25) is 0 Å². The van der Waals surface area contributed by atoms with Crippen LogP contribution in [-0.2, 0) is 22.8 Å². The highest BCUT2D eigenvalue weighted by molar-refractivity contribution is 7.91. The molecule has 25 heavy (non-hydrogen) atoms. The van der Waals surface area contributed by atoms with Crippen LogP contribution in [0.5, 0.6) is 0 Å². The van der Waals surface area contributed by atoms with Gasteiger partial charge in [-0.1, -0.05) is 30.1 Å². The van der Waals surface area contributed by atoms with Crippen LogP contribution < -0.4 is 0 Å². The minimum absolute atomic E-state index is 0.352. The minimum Gasteiger partial charge on any atom is -0.591 e. The molecule has 0 spiro atoms. The standard InChI is InChI=1S/C18H29N3O2SSi/c1-18(2,3)24(22)20-12-15-7-8-17-16(11-15)19-13-21(17)14-23-9-10-25(4,5)6/h7-8,11-13H,9-10,14H2,1-6H3/b20-12+/t24-/m0/s1. The zero-order chi connectivity index (χ0) is 18.7. The van der Waals surface area contributed by atoms with E-state index in [9.17, 15) is 4.55 Å². The molecule has 0 aliphatic heterocycles. The summed E-state index contributed by atoms with van der Waals surface area (Å²) in [7, 11) is -1.06. The zero-order valence-corrected chi connectivity index (χ0v) is 17.9. The van der Waals surface area contributed by atoms with Gasteiger partial charge in [0.15, 0.2) is 0 Å². The number of hydrogen-bond donors (Lipinski definition) is 0. The van der Waals surface area contributed by atoms with Crippen LogP contribution in [0.15, 0.2) is 28.9 Å². The summed E-state index contributed by atoms with van der Waals surface area (Å²) < 4.78 is 23.6. The van der Waals surface area contributed by atoms with Gasteiger partial charge in [-0.15, -0.1) is 0 Å². The molecule has 0 aliphatic carbocycles. The first-order valence-corrected chi connectivity index (χ1v) is 13.4. The Hall–Kier alpha value is -1.15. The number of ether oxygens (including phenoxy) is 1. The van der Waals surface area contributed by atoms with E-state index in [-0.39, 0.29) is 4.75 Å². The van der Waals surface area contributed by atoms with Crippen molar-refractivity contribution in [1.82, 2.24) is 9.55 Å². The molecule has 2 rings (SSSR count). The Kier molecular flexibility index (Phi) is 6.48. The number of nitrogens with zero attached hydrogens (tertiary/aromatic N) is 3. The van der Waals surface area contributed by atoms with Crippen molar-refractivity contribution < 1.29 is 9.29 Å². The van der Waals surface area contributed by atoms with E-state index in [1.807, 2.05) is 43.5 Å². The summed E-state index contributed by atoms with van der Waals surface area (Å²) in [6, 6.07) is 7.08. The Morgan fingerprint density at radius 3 is 2.68 bits per heavy atom. The predicted molar refractivity (Wildman–Crippen MR) is 109 cm³/mol. The van der Waals surface area contributed by atoms with Crippen LogP contribution in [0.1, 0.15) is 26.3 Å². The van der Waals surface area contributed by atoms with E-state index in [4.69, 9.17) is 4.74 Å². The molecule has 7 heteroatoms. The molecular weight excluding hydrogens is 350 g/mol. The Morgan fingerprint density at radius 1 is 1.32 bits per heavy atom. The topological polar surface area (TPSA) is 62.5 Å². The summed E-state index contributed by atoms with van der Waals surface area (Å²) in [4.78, 5) is 4.44. The van der Waals surface area contributed by atoms with Crippen molar-refractivity contribution in [2.45, 2.75) is 57.9 Å². The van der Waals surface area contributed by atoms with E-state index < -0.39 is 19.4 Å². The fourth-order valence-electron chi connectivity index (χ4n) is 2.07. The molecular formula is C18H29N3O2SSi. The van der Waals surface area contributed by atoms with Crippen LogP contribution in [-0.4, -0.2) is 39.7 Å². The largest absolute Gasteiger partial charge is 0.591 e. The number of rotatable bonds is 7. The predicted octanol–water partition coefficient (Wildman–Crippen LogP) is 4.23. The Balaban J connectivity index is 2.02. The average Bonchev–Trinajstić information content (AvgIpc) is 2.89. The van der Waals surface area contributed by atoms with Gasteiger partial charge in [-0.3, -0.25) is 0 Å². The molecule has 0 saturated heterocycles. The summed E-state index contributed by atoms with van der Waals surface area (Å²) in [5.74, 6) is 0. The van der Waals surface area contributed by atoms with E-state index >= 15 is 0 Å². The summed E-state index contributed by atoms with van der Waals surface area (Å²) >= 11 is -1.25. The highest BCUT2D eigenvalue weighted by Gasteiger charge is 2.25. The average molecular weight is 380 g/mol. The van der Waals surface area contributed by atoms with Gasteiger partial charge in [-0.2, -0.15) is 0 Å². The second-order valence-corrected chi connectivity index (χ2v) is 16.0. The first kappa shape index (κ1) is 20.2. The molecule has 1 atom stereocenters. The number of imidazole rings is 1. The highest BCUT2D eigenvalue weighted by Crippen LogP contribution is 2.18. The SMILES string of the molecule is CC(C)(C)[S@+]([O-])/N=C/c1ccc2c(c1)ncn2COCC[Si](C)(C)C. The molecule has 0 N–H and O–H groups in total. The fourth-order valence-corrected chi connectivity index (χ4v) is 3.36.